The normalized spacial score (nSPS) is 17.5. The van der Waals surface area contributed by atoms with Crippen LogP contribution in [0.3, 0.4) is 0 Å². The molecule has 1 fully saturated rings. The Hall–Kier alpha value is -2.69. The Morgan fingerprint density at radius 3 is 2.81 bits per heavy atom. The lowest BCUT2D eigenvalue weighted by Gasteiger charge is -2.32. The third-order valence-corrected chi connectivity index (χ3v) is 5.00. The van der Waals surface area contributed by atoms with Gasteiger partial charge in [0, 0.05) is 31.5 Å². The monoisotopic (exact) mass is 347 g/mol. The fraction of sp³-hybridized carbons (Fsp3) is 0.381. The SMILES string of the molecule is Cc1nc(NCc2ccc(N3CCC[C@H](C)C3)cc2)c2cccnc2n1. The summed E-state index contributed by atoms with van der Waals surface area (Å²) < 4.78 is 0. The molecule has 0 amide bonds. The van der Waals surface area contributed by atoms with Crippen LogP contribution in [0.2, 0.25) is 0 Å². The van der Waals surface area contributed by atoms with E-state index >= 15 is 0 Å². The first-order chi connectivity index (χ1) is 12.7. The van der Waals surface area contributed by atoms with Crippen molar-refractivity contribution in [2.24, 2.45) is 5.92 Å². The summed E-state index contributed by atoms with van der Waals surface area (Å²) >= 11 is 0. The lowest BCUT2D eigenvalue weighted by Crippen LogP contribution is -2.34. The van der Waals surface area contributed by atoms with E-state index in [0.717, 1.165) is 41.7 Å². The third-order valence-electron chi connectivity index (χ3n) is 5.00. The van der Waals surface area contributed by atoms with Gasteiger partial charge in [0.2, 0.25) is 0 Å². The van der Waals surface area contributed by atoms with Crippen LogP contribution in [0.1, 0.15) is 31.2 Å². The number of piperidine rings is 1. The van der Waals surface area contributed by atoms with Gasteiger partial charge >= 0.3 is 0 Å². The number of rotatable bonds is 4. The highest BCUT2D eigenvalue weighted by Gasteiger charge is 2.16. The molecule has 0 radical (unpaired) electrons. The van der Waals surface area contributed by atoms with Gasteiger partial charge in [0.25, 0.3) is 0 Å². The molecule has 1 saturated heterocycles. The van der Waals surface area contributed by atoms with E-state index < -0.39 is 0 Å². The molecule has 0 spiro atoms. The highest BCUT2D eigenvalue weighted by molar-refractivity contribution is 5.86. The van der Waals surface area contributed by atoms with Crippen LogP contribution in [0, 0.1) is 12.8 Å². The molecule has 1 aliphatic rings. The second-order valence-corrected chi connectivity index (χ2v) is 7.21. The Morgan fingerprint density at radius 1 is 1.15 bits per heavy atom. The lowest BCUT2D eigenvalue weighted by atomic mass is 9.99. The molecule has 134 valence electrons. The molecule has 0 saturated carbocycles. The van der Waals surface area contributed by atoms with Crippen LogP contribution in [0.15, 0.2) is 42.6 Å². The molecular weight excluding hydrogens is 322 g/mol. The average Bonchev–Trinajstić information content (AvgIpc) is 2.66. The molecular formula is C21H25N5. The maximum Gasteiger partial charge on any atom is 0.164 e. The largest absolute Gasteiger partial charge is 0.371 e. The smallest absolute Gasteiger partial charge is 0.164 e. The van der Waals surface area contributed by atoms with Crippen LogP contribution in [0.25, 0.3) is 11.0 Å². The number of hydrogen-bond acceptors (Lipinski definition) is 5. The van der Waals surface area contributed by atoms with E-state index in [-0.39, 0.29) is 0 Å². The number of fused-ring (bicyclic) bond motifs is 1. The average molecular weight is 347 g/mol. The van der Waals surface area contributed by atoms with Crippen LogP contribution in [-0.4, -0.2) is 28.0 Å². The standard InChI is InChI=1S/C21H25N5/c1-15-5-4-12-26(14-15)18-9-7-17(8-10-18)13-23-21-19-6-3-11-22-20(19)24-16(2)25-21/h3,6-11,15H,4-5,12-14H2,1-2H3,(H,22,23,24,25)/t15-/m0/s1. The first kappa shape index (κ1) is 16.8. The number of nitrogens with one attached hydrogen (secondary N) is 1. The van der Waals surface area contributed by atoms with Crippen LogP contribution < -0.4 is 10.2 Å². The third kappa shape index (κ3) is 3.62. The molecule has 2 aromatic heterocycles. The van der Waals surface area contributed by atoms with Crippen molar-refractivity contribution >= 4 is 22.5 Å². The maximum absolute atomic E-state index is 4.55. The van der Waals surface area contributed by atoms with Crippen molar-refractivity contribution in [3.63, 3.8) is 0 Å². The second-order valence-electron chi connectivity index (χ2n) is 7.21. The van der Waals surface area contributed by atoms with Gasteiger partial charge in [-0.25, -0.2) is 15.0 Å². The van der Waals surface area contributed by atoms with Crippen molar-refractivity contribution < 1.29 is 0 Å². The number of aromatic nitrogens is 3. The zero-order chi connectivity index (χ0) is 17.9. The fourth-order valence-corrected chi connectivity index (χ4v) is 3.64. The van der Waals surface area contributed by atoms with E-state index in [1.807, 2.05) is 19.1 Å². The molecule has 26 heavy (non-hydrogen) atoms. The Labute approximate surface area is 154 Å². The van der Waals surface area contributed by atoms with Gasteiger partial charge in [-0.2, -0.15) is 0 Å². The molecule has 5 heteroatoms. The first-order valence-electron chi connectivity index (χ1n) is 9.36. The van der Waals surface area contributed by atoms with E-state index in [2.05, 4.69) is 56.4 Å². The summed E-state index contributed by atoms with van der Waals surface area (Å²) in [5.41, 5.74) is 3.30. The van der Waals surface area contributed by atoms with Gasteiger partial charge in [-0.15, -0.1) is 0 Å². The molecule has 1 aliphatic heterocycles. The zero-order valence-electron chi connectivity index (χ0n) is 15.4. The molecule has 3 aromatic rings. The quantitative estimate of drug-likeness (QED) is 0.767. The van der Waals surface area contributed by atoms with Crippen molar-refractivity contribution in [1.82, 2.24) is 15.0 Å². The van der Waals surface area contributed by atoms with E-state index in [9.17, 15) is 0 Å². The Balaban J connectivity index is 1.47. The number of aryl methyl sites for hydroxylation is 1. The second kappa shape index (κ2) is 7.28. The highest BCUT2D eigenvalue weighted by atomic mass is 15.1. The van der Waals surface area contributed by atoms with E-state index in [0.29, 0.717) is 0 Å². The summed E-state index contributed by atoms with van der Waals surface area (Å²) in [5, 5.41) is 4.40. The summed E-state index contributed by atoms with van der Waals surface area (Å²) in [7, 11) is 0. The Kier molecular flexibility index (Phi) is 4.69. The number of pyridine rings is 1. The minimum Gasteiger partial charge on any atom is -0.371 e. The van der Waals surface area contributed by atoms with Crippen LogP contribution in [0.4, 0.5) is 11.5 Å². The van der Waals surface area contributed by atoms with Crippen molar-refractivity contribution in [2.45, 2.75) is 33.2 Å². The topological polar surface area (TPSA) is 53.9 Å². The molecule has 0 aliphatic carbocycles. The lowest BCUT2D eigenvalue weighted by molar-refractivity contribution is 0.447. The zero-order valence-corrected chi connectivity index (χ0v) is 15.4. The van der Waals surface area contributed by atoms with Gasteiger partial charge in [-0.3, -0.25) is 0 Å². The van der Waals surface area contributed by atoms with Crippen LogP contribution in [-0.2, 0) is 6.54 Å². The van der Waals surface area contributed by atoms with E-state index in [4.69, 9.17) is 0 Å². The number of benzene rings is 1. The molecule has 1 N–H and O–H groups in total. The number of anilines is 2. The minimum absolute atomic E-state index is 0.730. The van der Waals surface area contributed by atoms with Crippen molar-refractivity contribution in [2.75, 3.05) is 23.3 Å². The van der Waals surface area contributed by atoms with Crippen molar-refractivity contribution in [3.05, 3.63) is 54.0 Å². The van der Waals surface area contributed by atoms with Gasteiger partial charge in [-0.1, -0.05) is 19.1 Å². The van der Waals surface area contributed by atoms with Gasteiger partial charge in [0.05, 0.1) is 5.39 Å². The van der Waals surface area contributed by atoms with Crippen LogP contribution >= 0.6 is 0 Å². The first-order valence-corrected chi connectivity index (χ1v) is 9.36. The summed E-state index contributed by atoms with van der Waals surface area (Å²) in [5.74, 6) is 2.36. The molecule has 0 bridgehead atoms. The van der Waals surface area contributed by atoms with Crippen molar-refractivity contribution in [3.8, 4) is 0 Å². The molecule has 3 heterocycles. The predicted molar refractivity (Wildman–Crippen MR) is 106 cm³/mol. The molecule has 5 nitrogen and oxygen atoms in total. The summed E-state index contributed by atoms with van der Waals surface area (Å²) in [6.07, 6.45) is 4.40. The minimum atomic E-state index is 0.730. The van der Waals surface area contributed by atoms with Crippen LogP contribution in [0.5, 0.6) is 0 Å². The van der Waals surface area contributed by atoms with Gasteiger partial charge in [-0.05, 0) is 55.5 Å². The van der Waals surface area contributed by atoms with Gasteiger partial charge in [0.15, 0.2) is 5.65 Å². The molecule has 1 atom stereocenters. The Morgan fingerprint density at radius 2 is 2.00 bits per heavy atom. The number of nitrogens with zero attached hydrogens (tertiary/aromatic N) is 4. The van der Waals surface area contributed by atoms with Gasteiger partial charge in [0.1, 0.15) is 11.6 Å². The Bertz CT molecular complexity index is 891. The molecule has 1 aromatic carbocycles. The fourth-order valence-electron chi connectivity index (χ4n) is 3.64. The van der Waals surface area contributed by atoms with Crippen molar-refractivity contribution in [1.29, 1.82) is 0 Å². The maximum atomic E-state index is 4.55. The molecule has 0 unspecified atom stereocenters. The number of hydrogen-bond donors (Lipinski definition) is 1. The molecule has 4 rings (SSSR count). The van der Waals surface area contributed by atoms with E-state index in [1.165, 1.54) is 30.6 Å². The summed E-state index contributed by atoms with van der Waals surface area (Å²) in [6.45, 7) is 7.30. The van der Waals surface area contributed by atoms with E-state index in [1.54, 1.807) is 6.20 Å². The van der Waals surface area contributed by atoms with Gasteiger partial charge < -0.3 is 10.2 Å². The highest BCUT2D eigenvalue weighted by Crippen LogP contribution is 2.24. The predicted octanol–water partition coefficient (Wildman–Crippen LogP) is 4.18. The summed E-state index contributed by atoms with van der Waals surface area (Å²) in [4.78, 5) is 15.8. The summed E-state index contributed by atoms with van der Waals surface area (Å²) in [6, 6.07) is 12.8.